The number of ether oxygens (including phenoxy) is 1. The number of hydrogen-bond acceptors (Lipinski definition) is 5. The lowest BCUT2D eigenvalue weighted by atomic mass is 9.72. The van der Waals surface area contributed by atoms with E-state index in [1.54, 1.807) is 11.1 Å². The van der Waals surface area contributed by atoms with Crippen LogP contribution in [0.1, 0.15) is 55.1 Å². The van der Waals surface area contributed by atoms with Crippen LogP contribution in [0.2, 0.25) is 0 Å². The van der Waals surface area contributed by atoms with E-state index in [4.69, 9.17) is 4.74 Å². The summed E-state index contributed by atoms with van der Waals surface area (Å²) in [5.74, 6) is 0.793. The van der Waals surface area contributed by atoms with Gasteiger partial charge < -0.3 is 24.4 Å². The fourth-order valence-corrected chi connectivity index (χ4v) is 5.77. The zero-order valence-corrected chi connectivity index (χ0v) is 23.2. The maximum Gasteiger partial charge on any atom is 0.410 e. The summed E-state index contributed by atoms with van der Waals surface area (Å²) < 4.78 is 7.66. The number of carbonyl (C=O) groups is 2. The maximum atomic E-state index is 13.1. The Morgan fingerprint density at radius 2 is 1.82 bits per heavy atom. The minimum Gasteiger partial charge on any atom is -0.444 e. The molecule has 4 heterocycles. The summed E-state index contributed by atoms with van der Waals surface area (Å²) in [5, 5.41) is 4.73. The number of aryl methyl sites for hydroxylation is 2. The topological polar surface area (TPSA) is 79.7 Å². The van der Waals surface area contributed by atoms with Gasteiger partial charge in [-0.25, -0.2) is 9.78 Å². The summed E-state index contributed by atoms with van der Waals surface area (Å²) in [5.41, 5.74) is 4.11. The van der Waals surface area contributed by atoms with E-state index in [1.165, 1.54) is 22.0 Å². The Hall–Kier alpha value is -3.55. The molecule has 1 aromatic carbocycles. The van der Waals surface area contributed by atoms with Crippen LogP contribution in [-0.2, 0) is 18.2 Å². The maximum absolute atomic E-state index is 13.1. The zero-order valence-electron chi connectivity index (χ0n) is 23.2. The Morgan fingerprint density at radius 3 is 2.47 bits per heavy atom. The molecular formula is C30H39N5O3. The molecule has 2 aliphatic heterocycles. The minimum absolute atomic E-state index is 0.0217. The smallest absolute Gasteiger partial charge is 0.410 e. The first kappa shape index (κ1) is 26.1. The zero-order chi connectivity index (χ0) is 27.1. The number of hydrogen-bond donors (Lipinski definition) is 1. The Kier molecular flexibility index (Phi) is 6.84. The molecule has 0 saturated carbocycles. The van der Waals surface area contributed by atoms with Crippen LogP contribution in [0.15, 0.2) is 42.7 Å². The van der Waals surface area contributed by atoms with Crippen LogP contribution in [0.5, 0.6) is 0 Å². The number of aromatic nitrogens is 2. The van der Waals surface area contributed by atoms with Crippen molar-refractivity contribution < 1.29 is 14.3 Å². The van der Waals surface area contributed by atoms with Crippen molar-refractivity contribution in [3.8, 4) is 0 Å². The van der Waals surface area contributed by atoms with Crippen LogP contribution in [0.25, 0.3) is 10.9 Å². The monoisotopic (exact) mass is 517 g/mol. The van der Waals surface area contributed by atoms with Gasteiger partial charge in [0.1, 0.15) is 11.4 Å². The van der Waals surface area contributed by atoms with Gasteiger partial charge in [0.25, 0.3) is 5.91 Å². The summed E-state index contributed by atoms with van der Waals surface area (Å²) >= 11 is 0. The molecule has 0 bridgehead atoms. The van der Waals surface area contributed by atoms with E-state index in [2.05, 4.69) is 53.2 Å². The second-order valence-corrected chi connectivity index (χ2v) is 12.0. The second-order valence-electron chi connectivity index (χ2n) is 12.0. The lowest BCUT2D eigenvalue weighted by molar-refractivity contribution is -0.0563. The molecule has 38 heavy (non-hydrogen) atoms. The highest BCUT2D eigenvalue weighted by Crippen LogP contribution is 2.41. The van der Waals surface area contributed by atoms with Crippen molar-refractivity contribution in [2.75, 3.05) is 38.0 Å². The third-order valence-electron chi connectivity index (χ3n) is 7.83. The Balaban J connectivity index is 1.10. The molecular weight excluding hydrogens is 478 g/mol. The number of pyridine rings is 1. The van der Waals surface area contributed by atoms with Gasteiger partial charge in [0.05, 0.1) is 5.56 Å². The molecule has 5 rings (SSSR count). The number of piperidine rings is 1. The molecule has 8 heteroatoms. The third-order valence-corrected chi connectivity index (χ3v) is 7.83. The largest absolute Gasteiger partial charge is 0.444 e. The van der Waals surface area contributed by atoms with Gasteiger partial charge in [-0.15, -0.1) is 0 Å². The Bertz CT molecular complexity index is 1320. The molecule has 202 valence electrons. The molecule has 0 radical (unpaired) electrons. The van der Waals surface area contributed by atoms with Crippen LogP contribution in [0.4, 0.5) is 10.6 Å². The van der Waals surface area contributed by atoms with Crippen molar-refractivity contribution in [1.29, 1.82) is 0 Å². The molecule has 1 spiro atoms. The first-order valence-electron chi connectivity index (χ1n) is 13.5. The first-order valence-corrected chi connectivity index (χ1v) is 13.5. The van der Waals surface area contributed by atoms with Crippen molar-refractivity contribution in [2.45, 2.75) is 52.6 Å². The van der Waals surface area contributed by atoms with E-state index in [9.17, 15) is 9.59 Å². The molecule has 8 nitrogen and oxygen atoms in total. The summed E-state index contributed by atoms with van der Waals surface area (Å²) in [6.45, 7) is 11.4. The number of likely N-dealkylation sites (tertiary alicyclic amines) is 2. The predicted octanol–water partition coefficient (Wildman–Crippen LogP) is 5.01. The molecule has 2 aromatic heterocycles. The van der Waals surface area contributed by atoms with Crippen molar-refractivity contribution in [2.24, 2.45) is 12.5 Å². The second kappa shape index (κ2) is 9.97. The van der Waals surface area contributed by atoms with Crippen molar-refractivity contribution >= 4 is 28.7 Å². The van der Waals surface area contributed by atoms with E-state index in [1.807, 2.05) is 37.8 Å². The van der Waals surface area contributed by atoms with E-state index < -0.39 is 5.60 Å². The number of rotatable bonds is 5. The number of benzene rings is 1. The fourth-order valence-electron chi connectivity index (χ4n) is 5.77. The summed E-state index contributed by atoms with van der Waals surface area (Å²) in [6, 6.07) is 10.2. The molecule has 0 atom stereocenters. The van der Waals surface area contributed by atoms with E-state index in [0.717, 1.165) is 31.6 Å². The predicted molar refractivity (Wildman–Crippen MR) is 149 cm³/mol. The summed E-state index contributed by atoms with van der Waals surface area (Å²) in [6.07, 6.45) is 6.33. The number of fused-ring (bicyclic) bond motifs is 1. The van der Waals surface area contributed by atoms with Crippen LogP contribution in [0.3, 0.4) is 0 Å². The van der Waals surface area contributed by atoms with Gasteiger partial charge >= 0.3 is 6.09 Å². The quantitative estimate of drug-likeness (QED) is 0.515. The standard InChI is InChI=1S/C30H39N5O3/c1-21-7-6-8-24-26(21)23(18-33(24)5)11-14-31-25-10-9-22(17-32-25)27(36)34-15-12-30(13-16-34)19-35(20-30)28(37)38-29(2,3)4/h6-10,17-18H,11-16,19-20H2,1-5H3,(H,31,32). The molecule has 2 amide bonds. The highest BCUT2D eigenvalue weighted by atomic mass is 16.6. The molecule has 0 aliphatic carbocycles. The number of carbonyl (C=O) groups excluding carboxylic acids is 2. The summed E-state index contributed by atoms with van der Waals surface area (Å²) in [7, 11) is 2.09. The van der Waals surface area contributed by atoms with Crippen LogP contribution >= 0.6 is 0 Å². The Morgan fingerprint density at radius 1 is 1.08 bits per heavy atom. The van der Waals surface area contributed by atoms with Crippen LogP contribution < -0.4 is 5.32 Å². The van der Waals surface area contributed by atoms with Gasteiger partial charge in [0, 0.05) is 68.5 Å². The number of nitrogens with one attached hydrogen (secondary N) is 1. The molecule has 1 N–H and O–H groups in total. The number of amides is 2. The van der Waals surface area contributed by atoms with Gasteiger partial charge in [0.2, 0.25) is 0 Å². The van der Waals surface area contributed by atoms with E-state index in [-0.39, 0.29) is 17.4 Å². The lowest BCUT2D eigenvalue weighted by Gasteiger charge is -2.53. The fraction of sp³-hybridized carbons (Fsp3) is 0.500. The van der Waals surface area contributed by atoms with Crippen molar-refractivity contribution in [1.82, 2.24) is 19.4 Å². The highest BCUT2D eigenvalue weighted by molar-refractivity contribution is 5.94. The van der Waals surface area contributed by atoms with Gasteiger partial charge in [-0.05, 0) is 76.3 Å². The SMILES string of the molecule is Cc1cccc2c1c(CCNc1ccc(C(=O)N3CCC4(CC3)CN(C(=O)OC(C)(C)C)C4)cn1)cn2C. The average Bonchev–Trinajstić information content (AvgIpc) is 3.18. The molecule has 3 aromatic rings. The van der Waals surface area contributed by atoms with Gasteiger partial charge in [-0.1, -0.05) is 12.1 Å². The average molecular weight is 518 g/mol. The Labute approximate surface area is 225 Å². The normalized spacial score (nSPS) is 17.0. The molecule has 2 aliphatic rings. The lowest BCUT2D eigenvalue weighted by Crippen LogP contribution is -2.62. The van der Waals surface area contributed by atoms with E-state index in [0.29, 0.717) is 31.7 Å². The molecule has 2 saturated heterocycles. The minimum atomic E-state index is -0.482. The molecule has 2 fully saturated rings. The highest BCUT2D eigenvalue weighted by Gasteiger charge is 2.48. The number of anilines is 1. The van der Waals surface area contributed by atoms with Gasteiger partial charge in [-0.3, -0.25) is 4.79 Å². The van der Waals surface area contributed by atoms with E-state index >= 15 is 0 Å². The van der Waals surface area contributed by atoms with Crippen molar-refractivity contribution in [3.05, 3.63) is 59.4 Å². The number of nitrogens with zero attached hydrogens (tertiary/aromatic N) is 4. The molecule has 0 unspecified atom stereocenters. The first-order chi connectivity index (χ1) is 18.0. The third kappa shape index (κ3) is 5.35. The van der Waals surface area contributed by atoms with Crippen LogP contribution in [-0.4, -0.2) is 69.7 Å². The van der Waals surface area contributed by atoms with Gasteiger partial charge in [0.15, 0.2) is 0 Å². The van der Waals surface area contributed by atoms with Crippen molar-refractivity contribution in [3.63, 3.8) is 0 Å². The van der Waals surface area contributed by atoms with Crippen LogP contribution in [0, 0.1) is 12.3 Å². The van der Waals surface area contributed by atoms with Gasteiger partial charge in [-0.2, -0.15) is 0 Å². The summed E-state index contributed by atoms with van der Waals surface area (Å²) in [4.78, 5) is 33.6.